The van der Waals surface area contributed by atoms with Gasteiger partial charge in [-0.2, -0.15) is 0 Å². The van der Waals surface area contributed by atoms with E-state index in [9.17, 15) is 4.79 Å². The van der Waals surface area contributed by atoms with Crippen molar-refractivity contribution in [3.05, 3.63) is 29.8 Å². The molecule has 2 unspecified atom stereocenters. The topological polar surface area (TPSA) is 58.6 Å². The molecule has 1 aliphatic rings. The Hall–Kier alpha value is -1.55. The zero-order chi connectivity index (χ0) is 12.3. The molecule has 17 heavy (non-hydrogen) atoms. The number of hydrogen-bond acceptors (Lipinski definition) is 3. The summed E-state index contributed by atoms with van der Waals surface area (Å²) in [5, 5.41) is 12.4. The second-order valence-electron chi connectivity index (χ2n) is 4.40. The highest BCUT2D eigenvalue weighted by Crippen LogP contribution is 2.21. The maximum Gasteiger partial charge on any atom is 0.337 e. The van der Waals surface area contributed by atoms with Crippen LogP contribution in [0.4, 0.5) is 5.69 Å². The summed E-state index contributed by atoms with van der Waals surface area (Å²) >= 11 is 0. The minimum Gasteiger partial charge on any atom is -0.478 e. The standard InChI is InChI=1S/C13H17NO3/c1-9-8-10(6-7-17-9)14-12-5-3-2-4-11(12)13(15)16/h2-5,9-10,14H,6-8H2,1H3,(H,15,16). The molecular weight excluding hydrogens is 218 g/mol. The van der Waals surface area contributed by atoms with Gasteiger partial charge in [0.05, 0.1) is 11.7 Å². The fourth-order valence-electron chi connectivity index (χ4n) is 2.14. The maximum atomic E-state index is 11.1. The summed E-state index contributed by atoms with van der Waals surface area (Å²) in [4.78, 5) is 11.1. The molecular formula is C13H17NO3. The minimum atomic E-state index is -0.895. The van der Waals surface area contributed by atoms with Gasteiger partial charge in [-0.1, -0.05) is 12.1 Å². The largest absolute Gasteiger partial charge is 0.478 e. The van der Waals surface area contributed by atoms with Crippen molar-refractivity contribution in [2.75, 3.05) is 11.9 Å². The average Bonchev–Trinajstić information content (AvgIpc) is 2.29. The molecule has 1 saturated heterocycles. The summed E-state index contributed by atoms with van der Waals surface area (Å²) in [6.45, 7) is 2.77. The lowest BCUT2D eigenvalue weighted by Gasteiger charge is -2.29. The molecule has 0 spiro atoms. The molecule has 1 heterocycles. The van der Waals surface area contributed by atoms with Crippen LogP contribution in [-0.4, -0.2) is 29.8 Å². The lowest BCUT2D eigenvalue weighted by atomic mass is 10.0. The summed E-state index contributed by atoms with van der Waals surface area (Å²) < 4.78 is 5.47. The molecule has 1 fully saturated rings. The highest BCUT2D eigenvalue weighted by atomic mass is 16.5. The second-order valence-corrected chi connectivity index (χ2v) is 4.40. The molecule has 4 heteroatoms. The molecule has 0 amide bonds. The smallest absolute Gasteiger partial charge is 0.337 e. The van der Waals surface area contributed by atoms with Crippen molar-refractivity contribution >= 4 is 11.7 Å². The SMILES string of the molecule is CC1CC(Nc2ccccc2C(=O)O)CCO1. The van der Waals surface area contributed by atoms with Gasteiger partial charge in [-0.25, -0.2) is 4.79 Å². The number of nitrogens with one attached hydrogen (secondary N) is 1. The summed E-state index contributed by atoms with van der Waals surface area (Å²) in [5.41, 5.74) is 1.02. The Kier molecular flexibility index (Phi) is 3.64. The highest BCUT2D eigenvalue weighted by molar-refractivity contribution is 5.94. The van der Waals surface area contributed by atoms with Crippen LogP contribution in [0.3, 0.4) is 0 Å². The predicted molar refractivity (Wildman–Crippen MR) is 65.5 cm³/mol. The first-order valence-corrected chi connectivity index (χ1v) is 5.87. The van der Waals surface area contributed by atoms with Crippen LogP contribution in [0.15, 0.2) is 24.3 Å². The Labute approximate surface area is 101 Å². The summed E-state index contributed by atoms with van der Waals surface area (Å²) in [6, 6.07) is 7.30. The zero-order valence-corrected chi connectivity index (χ0v) is 9.85. The first-order valence-electron chi connectivity index (χ1n) is 5.87. The third kappa shape index (κ3) is 2.97. The van der Waals surface area contributed by atoms with Crippen molar-refractivity contribution in [1.82, 2.24) is 0 Å². The number of para-hydroxylation sites is 1. The number of benzene rings is 1. The Morgan fingerprint density at radius 3 is 2.94 bits per heavy atom. The van der Waals surface area contributed by atoms with E-state index in [0.717, 1.165) is 19.4 Å². The zero-order valence-electron chi connectivity index (χ0n) is 9.85. The molecule has 0 aliphatic carbocycles. The highest BCUT2D eigenvalue weighted by Gasteiger charge is 2.20. The normalized spacial score (nSPS) is 24.3. The van der Waals surface area contributed by atoms with E-state index in [1.54, 1.807) is 12.1 Å². The van der Waals surface area contributed by atoms with Gasteiger partial charge in [0.1, 0.15) is 0 Å². The van der Waals surface area contributed by atoms with E-state index < -0.39 is 5.97 Å². The van der Waals surface area contributed by atoms with Gasteiger partial charge >= 0.3 is 5.97 Å². The van der Waals surface area contributed by atoms with Gasteiger partial charge in [-0.05, 0) is 31.9 Å². The van der Waals surface area contributed by atoms with Gasteiger partial charge in [0, 0.05) is 18.3 Å². The number of carboxylic acids is 1. The molecule has 92 valence electrons. The molecule has 1 aromatic rings. The van der Waals surface area contributed by atoms with Crippen molar-refractivity contribution in [2.24, 2.45) is 0 Å². The monoisotopic (exact) mass is 235 g/mol. The summed E-state index contributed by atoms with van der Waals surface area (Å²) in [6.07, 6.45) is 2.06. The number of rotatable bonds is 3. The van der Waals surface area contributed by atoms with E-state index in [1.165, 1.54) is 0 Å². The van der Waals surface area contributed by atoms with E-state index in [2.05, 4.69) is 5.32 Å². The Balaban J connectivity index is 2.10. The van der Waals surface area contributed by atoms with E-state index in [4.69, 9.17) is 9.84 Å². The molecule has 2 N–H and O–H groups in total. The fraction of sp³-hybridized carbons (Fsp3) is 0.462. The van der Waals surface area contributed by atoms with E-state index in [0.29, 0.717) is 17.3 Å². The minimum absolute atomic E-state index is 0.234. The summed E-state index contributed by atoms with van der Waals surface area (Å²) in [7, 11) is 0. The Morgan fingerprint density at radius 2 is 2.24 bits per heavy atom. The summed E-state index contributed by atoms with van der Waals surface area (Å²) in [5.74, 6) is -0.895. The van der Waals surface area contributed by atoms with Crippen LogP contribution >= 0.6 is 0 Å². The second kappa shape index (κ2) is 5.19. The van der Waals surface area contributed by atoms with Crippen LogP contribution in [-0.2, 0) is 4.74 Å². The first-order chi connectivity index (χ1) is 8.16. The van der Waals surface area contributed by atoms with E-state index in [-0.39, 0.29) is 6.10 Å². The number of carboxylic acid groups (broad SMARTS) is 1. The molecule has 4 nitrogen and oxygen atoms in total. The lowest BCUT2D eigenvalue weighted by molar-refractivity contribution is 0.0232. The van der Waals surface area contributed by atoms with Gasteiger partial charge in [-0.3, -0.25) is 0 Å². The number of hydrogen-bond donors (Lipinski definition) is 2. The predicted octanol–water partition coefficient (Wildman–Crippen LogP) is 2.36. The van der Waals surface area contributed by atoms with Crippen LogP contribution in [0.25, 0.3) is 0 Å². The third-order valence-corrected chi connectivity index (χ3v) is 3.00. The molecule has 0 aromatic heterocycles. The fourth-order valence-corrected chi connectivity index (χ4v) is 2.14. The van der Waals surface area contributed by atoms with Gasteiger partial charge in [0.2, 0.25) is 0 Å². The van der Waals surface area contributed by atoms with Crippen molar-refractivity contribution in [1.29, 1.82) is 0 Å². The van der Waals surface area contributed by atoms with Crippen molar-refractivity contribution in [3.8, 4) is 0 Å². The van der Waals surface area contributed by atoms with Gasteiger partial charge in [0.25, 0.3) is 0 Å². The van der Waals surface area contributed by atoms with Crippen LogP contribution in [0.5, 0.6) is 0 Å². The number of ether oxygens (including phenoxy) is 1. The number of aromatic carboxylic acids is 1. The van der Waals surface area contributed by atoms with Gasteiger partial charge in [0.15, 0.2) is 0 Å². The van der Waals surface area contributed by atoms with Gasteiger partial charge < -0.3 is 15.2 Å². The molecule has 2 atom stereocenters. The van der Waals surface area contributed by atoms with Gasteiger partial charge in [-0.15, -0.1) is 0 Å². The van der Waals surface area contributed by atoms with Crippen LogP contribution < -0.4 is 5.32 Å². The number of anilines is 1. The molecule has 1 aromatic carbocycles. The molecule has 2 rings (SSSR count). The van der Waals surface area contributed by atoms with Crippen LogP contribution in [0.1, 0.15) is 30.1 Å². The Morgan fingerprint density at radius 1 is 1.47 bits per heavy atom. The average molecular weight is 235 g/mol. The molecule has 0 bridgehead atoms. The molecule has 1 aliphatic heterocycles. The first kappa shape index (κ1) is 11.9. The molecule has 0 saturated carbocycles. The van der Waals surface area contributed by atoms with Crippen LogP contribution in [0.2, 0.25) is 0 Å². The van der Waals surface area contributed by atoms with Crippen molar-refractivity contribution in [3.63, 3.8) is 0 Å². The van der Waals surface area contributed by atoms with Crippen molar-refractivity contribution in [2.45, 2.75) is 31.9 Å². The third-order valence-electron chi connectivity index (χ3n) is 3.00. The van der Waals surface area contributed by atoms with Crippen LogP contribution in [0, 0.1) is 0 Å². The number of carbonyl (C=O) groups is 1. The molecule has 0 radical (unpaired) electrons. The Bertz CT molecular complexity index is 405. The van der Waals surface area contributed by atoms with Crippen molar-refractivity contribution < 1.29 is 14.6 Å². The quantitative estimate of drug-likeness (QED) is 0.844. The maximum absolute atomic E-state index is 11.1. The lowest BCUT2D eigenvalue weighted by Crippen LogP contribution is -2.32. The van der Waals surface area contributed by atoms with E-state index in [1.807, 2.05) is 19.1 Å². The van der Waals surface area contributed by atoms with E-state index >= 15 is 0 Å².